The number of hydrogen-bond donors (Lipinski definition) is 3. The van der Waals surface area contributed by atoms with Crippen molar-refractivity contribution in [2.45, 2.75) is 6.10 Å². The number of halogens is 1. The lowest BCUT2D eigenvalue weighted by Gasteiger charge is -2.06. The second-order valence-corrected chi connectivity index (χ2v) is 3.90. The summed E-state index contributed by atoms with van der Waals surface area (Å²) >= 11 is 5.72. The molecule has 92 valence electrons. The van der Waals surface area contributed by atoms with Crippen molar-refractivity contribution in [1.29, 1.82) is 0 Å². The molecule has 0 aliphatic carbocycles. The number of hydrogen-bond acceptors (Lipinski definition) is 3. The average Bonchev–Trinajstić information content (AvgIpc) is 2.35. The fourth-order valence-corrected chi connectivity index (χ4v) is 1.21. The average molecular weight is 256 g/mol. The molecule has 0 radical (unpaired) electrons. The second-order valence-electron chi connectivity index (χ2n) is 3.47. The van der Waals surface area contributed by atoms with Gasteiger partial charge in [0, 0.05) is 17.6 Å². The van der Waals surface area contributed by atoms with Crippen LogP contribution in [0.5, 0.6) is 0 Å². The molecule has 0 unspecified atom stereocenters. The molecule has 0 saturated heterocycles. The summed E-state index contributed by atoms with van der Waals surface area (Å²) in [5.74, 6) is -0.326. The van der Waals surface area contributed by atoms with Gasteiger partial charge in [-0.3, -0.25) is 4.79 Å². The highest BCUT2D eigenvalue weighted by molar-refractivity contribution is 6.30. The number of carbonyl (C=O) groups excluding carboxylic acids is 1. The Labute approximate surface area is 105 Å². The van der Waals surface area contributed by atoms with Crippen LogP contribution >= 0.6 is 11.6 Å². The topological polar surface area (TPSA) is 69.6 Å². The lowest BCUT2D eigenvalue weighted by atomic mass is 10.2. The first-order valence-corrected chi connectivity index (χ1v) is 5.50. The second kappa shape index (κ2) is 7.06. The molecule has 1 aromatic rings. The Morgan fingerprint density at radius 2 is 2.06 bits per heavy atom. The predicted octanol–water partition coefficient (Wildman–Crippen LogP) is 0.823. The van der Waals surface area contributed by atoms with Gasteiger partial charge in [0.05, 0.1) is 12.7 Å². The summed E-state index contributed by atoms with van der Waals surface area (Å²) in [7, 11) is 0. The molecule has 3 N–H and O–H groups in total. The van der Waals surface area contributed by atoms with Gasteiger partial charge in [-0.05, 0) is 23.8 Å². The minimum Gasteiger partial charge on any atom is -0.394 e. The summed E-state index contributed by atoms with van der Waals surface area (Å²) in [6.07, 6.45) is 2.06. The number of aliphatic hydroxyl groups is 2. The van der Waals surface area contributed by atoms with Crippen LogP contribution in [-0.2, 0) is 4.79 Å². The van der Waals surface area contributed by atoms with Crippen LogP contribution in [0.25, 0.3) is 6.08 Å². The molecule has 0 spiro atoms. The predicted molar refractivity (Wildman–Crippen MR) is 66.6 cm³/mol. The molecule has 1 aromatic carbocycles. The fourth-order valence-electron chi connectivity index (χ4n) is 1.09. The Morgan fingerprint density at radius 3 is 2.65 bits per heavy atom. The first kappa shape index (κ1) is 13.7. The van der Waals surface area contributed by atoms with Crippen LogP contribution in [0.4, 0.5) is 0 Å². The van der Waals surface area contributed by atoms with Gasteiger partial charge < -0.3 is 15.5 Å². The van der Waals surface area contributed by atoms with Crippen LogP contribution in [0, 0.1) is 0 Å². The molecule has 1 amide bonds. The van der Waals surface area contributed by atoms with Gasteiger partial charge in [-0.15, -0.1) is 0 Å². The van der Waals surface area contributed by atoms with E-state index >= 15 is 0 Å². The molecule has 0 aromatic heterocycles. The van der Waals surface area contributed by atoms with Crippen LogP contribution < -0.4 is 5.32 Å². The molecule has 4 nitrogen and oxygen atoms in total. The zero-order valence-electron chi connectivity index (χ0n) is 9.14. The maximum Gasteiger partial charge on any atom is 0.244 e. The van der Waals surface area contributed by atoms with E-state index < -0.39 is 6.10 Å². The Bertz CT molecular complexity index is 389. The Kier molecular flexibility index (Phi) is 5.69. The Balaban J connectivity index is 2.42. The molecule has 0 fully saturated rings. The molecule has 1 atom stereocenters. The maximum absolute atomic E-state index is 11.3. The van der Waals surface area contributed by atoms with Crippen molar-refractivity contribution in [3.05, 3.63) is 40.9 Å². The van der Waals surface area contributed by atoms with Gasteiger partial charge >= 0.3 is 0 Å². The molecule has 0 aliphatic heterocycles. The minimum absolute atomic E-state index is 0.0281. The zero-order valence-corrected chi connectivity index (χ0v) is 9.89. The van der Waals surface area contributed by atoms with Crippen LogP contribution in [0.15, 0.2) is 30.3 Å². The molecular formula is C12H14ClNO3. The number of amides is 1. The highest BCUT2D eigenvalue weighted by atomic mass is 35.5. The van der Waals surface area contributed by atoms with Gasteiger partial charge in [0.1, 0.15) is 0 Å². The van der Waals surface area contributed by atoms with Crippen molar-refractivity contribution in [2.75, 3.05) is 13.2 Å². The van der Waals surface area contributed by atoms with Crippen molar-refractivity contribution in [3.8, 4) is 0 Å². The van der Waals surface area contributed by atoms with E-state index in [0.717, 1.165) is 5.56 Å². The number of rotatable bonds is 5. The lowest BCUT2D eigenvalue weighted by molar-refractivity contribution is -0.117. The van der Waals surface area contributed by atoms with Crippen molar-refractivity contribution in [3.63, 3.8) is 0 Å². The van der Waals surface area contributed by atoms with Crippen LogP contribution in [0.3, 0.4) is 0 Å². The van der Waals surface area contributed by atoms with E-state index in [4.69, 9.17) is 21.8 Å². The molecule has 1 rings (SSSR count). The van der Waals surface area contributed by atoms with Gasteiger partial charge in [-0.1, -0.05) is 23.7 Å². The number of aliphatic hydroxyl groups excluding tert-OH is 2. The summed E-state index contributed by atoms with van der Waals surface area (Å²) in [6.45, 7) is -0.346. The third-order valence-electron chi connectivity index (χ3n) is 2.02. The quantitative estimate of drug-likeness (QED) is 0.683. The normalized spacial score (nSPS) is 12.6. The van der Waals surface area contributed by atoms with Crippen molar-refractivity contribution in [2.24, 2.45) is 0 Å². The van der Waals surface area contributed by atoms with Gasteiger partial charge in [-0.2, -0.15) is 0 Å². The molecule has 0 heterocycles. The highest BCUT2D eigenvalue weighted by Gasteiger charge is 2.02. The first-order valence-electron chi connectivity index (χ1n) is 5.12. The minimum atomic E-state index is -0.928. The van der Waals surface area contributed by atoms with E-state index in [1.165, 1.54) is 6.08 Å². The zero-order chi connectivity index (χ0) is 12.7. The van der Waals surface area contributed by atoms with Crippen molar-refractivity contribution >= 4 is 23.6 Å². The van der Waals surface area contributed by atoms with E-state index in [2.05, 4.69) is 5.32 Å². The molecule has 0 aliphatic rings. The number of carbonyl (C=O) groups is 1. The Morgan fingerprint density at radius 1 is 1.41 bits per heavy atom. The van der Waals surface area contributed by atoms with Gasteiger partial charge in [0.2, 0.25) is 5.91 Å². The van der Waals surface area contributed by atoms with Crippen LogP contribution in [-0.4, -0.2) is 35.4 Å². The maximum atomic E-state index is 11.3. The molecular weight excluding hydrogens is 242 g/mol. The Hall–Kier alpha value is -1.36. The summed E-state index contributed by atoms with van der Waals surface area (Å²) < 4.78 is 0. The third-order valence-corrected chi connectivity index (χ3v) is 2.27. The van der Waals surface area contributed by atoms with Crippen molar-refractivity contribution in [1.82, 2.24) is 5.32 Å². The monoisotopic (exact) mass is 255 g/mol. The van der Waals surface area contributed by atoms with Crippen molar-refractivity contribution < 1.29 is 15.0 Å². The molecule has 5 heteroatoms. The summed E-state index contributed by atoms with van der Waals surface area (Å²) in [5.41, 5.74) is 0.854. The van der Waals surface area contributed by atoms with E-state index in [0.29, 0.717) is 5.02 Å². The van der Waals surface area contributed by atoms with Crippen LogP contribution in [0.2, 0.25) is 5.02 Å². The van der Waals surface area contributed by atoms with Gasteiger partial charge in [-0.25, -0.2) is 0 Å². The van der Waals surface area contributed by atoms with Gasteiger partial charge in [0.15, 0.2) is 0 Å². The third kappa shape index (κ3) is 5.49. The molecule has 0 saturated carbocycles. The number of nitrogens with one attached hydrogen (secondary N) is 1. The van der Waals surface area contributed by atoms with Gasteiger partial charge in [0.25, 0.3) is 0 Å². The van der Waals surface area contributed by atoms with E-state index in [-0.39, 0.29) is 19.1 Å². The highest BCUT2D eigenvalue weighted by Crippen LogP contribution is 2.10. The summed E-state index contributed by atoms with van der Waals surface area (Å²) in [6, 6.07) is 7.03. The summed E-state index contributed by atoms with van der Waals surface area (Å²) in [4.78, 5) is 11.3. The van der Waals surface area contributed by atoms with E-state index in [1.807, 2.05) is 0 Å². The molecule has 17 heavy (non-hydrogen) atoms. The largest absolute Gasteiger partial charge is 0.394 e. The van der Waals surface area contributed by atoms with E-state index in [9.17, 15) is 4.79 Å². The fraction of sp³-hybridized carbons (Fsp3) is 0.250. The summed E-state index contributed by atoms with van der Waals surface area (Å²) in [5, 5.41) is 20.7. The SMILES string of the molecule is O=C(/C=C\c1ccc(Cl)cc1)NC[C@H](O)CO. The first-order chi connectivity index (χ1) is 8.11. The molecule has 0 bridgehead atoms. The van der Waals surface area contributed by atoms with E-state index in [1.54, 1.807) is 30.3 Å². The van der Waals surface area contributed by atoms with Crippen LogP contribution in [0.1, 0.15) is 5.56 Å². The standard InChI is InChI=1S/C12H14ClNO3/c13-10-4-1-9(2-5-10)3-6-12(17)14-7-11(16)8-15/h1-6,11,15-16H,7-8H2,(H,14,17)/b6-3-/t11-/m0/s1. The lowest BCUT2D eigenvalue weighted by Crippen LogP contribution is -2.32. The smallest absolute Gasteiger partial charge is 0.244 e. The number of benzene rings is 1.